The predicted octanol–water partition coefficient (Wildman–Crippen LogP) is 6.03. The number of nitrogens with zero attached hydrogens (tertiary/aromatic N) is 3. The van der Waals surface area contributed by atoms with Gasteiger partial charge in [-0.3, -0.25) is 14.6 Å². The van der Waals surface area contributed by atoms with Gasteiger partial charge in [-0.15, -0.1) is 0 Å². The first kappa shape index (κ1) is 27.0. The van der Waals surface area contributed by atoms with E-state index in [1.54, 1.807) is 26.3 Å². The van der Waals surface area contributed by atoms with Crippen LogP contribution in [0.1, 0.15) is 69.4 Å². The summed E-state index contributed by atoms with van der Waals surface area (Å²) in [6, 6.07) is 5.69. The molecule has 3 N–H and O–H groups in total. The molecule has 1 aliphatic heterocycles. The number of aromatic nitrogens is 2. The standard InChI is InChI=1S/C26H34Cl2N6O2/c1-15-12-18(7-10-23(15)34-11-5-6-24(34)36-33-35-4)22-14-30-25(16(2)29)26(32-22)31-17(3)20-9-8-19(27)13-21(20)28/h7-9,13-15,17,23-24,29,33H,5-6,10-12H2,1-4H3,(H,31,32)/t15?,17-,23?,24-/m1/s1. The summed E-state index contributed by atoms with van der Waals surface area (Å²) in [6.07, 6.45) is 7.96. The highest BCUT2D eigenvalue weighted by Gasteiger charge is 2.36. The molecular formula is C26H34Cl2N6O2. The normalized spacial score (nSPS) is 23.4. The molecule has 0 radical (unpaired) electrons. The Bertz CT molecular complexity index is 1130. The molecule has 8 nitrogen and oxygen atoms in total. The van der Waals surface area contributed by atoms with Crippen LogP contribution in [-0.4, -0.2) is 46.5 Å². The van der Waals surface area contributed by atoms with Crippen LogP contribution >= 0.6 is 23.2 Å². The van der Waals surface area contributed by atoms with E-state index in [2.05, 4.69) is 33.8 Å². The van der Waals surface area contributed by atoms with Gasteiger partial charge in [0.25, 0.3) is 0 Å². The summed E-state index contributed by atoms with van der Waals surface area (Å²) < 4.78 is 0. The van der Waals surface area contributed by atoms with Gasteiger partial charge in [-0.1, -0.05) is 47.9 Å². The Kier molecular flexibility index (Phi) is 8.98. The van der Waals surface area contributed by atoms with Crippen molar-refractivity contribution < 1.29 is 9.68 Å². The molecule has 1 aliphatic carbocycles. The first-order valence-electron chi connectivity index (χ1n) is 12.3. The quantitative estimate of drug-likeness (QED) is 0.268. The van der Waals surface area contributed by atoms with E-state index in [1.807, 2.05) is 19.1 Å². The van der Waals surface area contributed by atoms with Crippen LogP contribution in [0.15, 0.2) is 30.5 Å². The highest BCUT2D eigenvalue weighted by Crippen LogP contribution is 2.36. The van der Waals surface area contributed by atoms with Crippen molar-refractivity contribution in [3.8, 4) is 0 Å². The molecule has 1 fully saturated rings. The second-order valence-corrected chi connectivity index (χ2v) is 10.4. The Morgan fingerprint density at radius 3 is 2.81 bits per heavy atom. The molecule has 0 spiro atoms. The summed E-state index contributed by atoms with van der Waals surface area (Å²) >= 11 is 12.5. The smallest absolute Gasteiger partial charge is 0.155 e. The van der Waals surface area contributed by atoms with Crippen molar-refractivity contribution in [3.05, 3.63) is 57.5 Å². The van der Waals surface area contributed by atoms with Crippen LogP contribution in [-0.2, 0) is 9.68 Å². The Morgan fingerprint density at radius 1 is 1.31 bits per heavy atom. The molecule has 2 aliphatic rings. The lowest BCUT2D eigenvalue weighted by atomic mass is 9.84. The van der Waals surface area contributed by atoms with Crippen LogP contribution in [0, 0.1) is 11.3 Å². The van der Waals surface area contributed by atoms with Gasteiger partial charge in [0.15, 0.2) is 5.82 Å². The van der Waals surface area contributed by atoms with Gasteiger partial charge in [-0.25, -0.2) is 9.97 Å². The van der Waals surface area contributed by atoms with Crippen LogP contribution in [0.4, 0.5) is 5.82 Å². The molecule has 194 valence electrons. The molecule has 1 aromatic heterocycles. The van der Waals surface area contributed by atoms with Gasteiger partial charge >= 0.3 is 0 Å². The maximum absolute atomic E-state index is 8.20. The summed E-state index contributed by atoms with van der Waals surface area (Å²) in [5.74, 6) is 0.999. The summed E-state index contributed by atoms with van der Waals surface area (Å²) in [6.45, 7) is 7.02. The fraction of sp³-hybridized carbons (Fsp3) is 0.500. The molecule has 2 heterocycles. The summed E-state index contributed by atoms with van der Waals surface area (Å²) in [5.41, 5.74) is 6.33. The highest BCUT2D eigenvalue weighted by atomic mass is 35.5. The number of benzene rings is 1. The topological polar surface area (TPSA) is 95.4 Å². The highest BCUT2D eigenvalue weighted by molar-refractivity contribution is 6.35. The number of likely N-dealkylation sites (tertiary alicyclic amines) is 1. The molecule has 2 unspecified atom stereocenters. The van der Waals surface area contributed by atoms with Crippen molar-refractivity contribution >= 4 is 40.3 Å². The number of hydrogen-bond acceptors (Lipinski definition) is 8. The van der Waals surface area contributed by atoms with E-state index < -0.39 is 0 Å². The van der Waals surface area contributed by atoms with E-state index in [1.165, 1.54) is 5.57 Å². The first-order valence-corrected chi connectivity index (χ1v) is 13.1. The second-order valence-electron chi connectivity index (χ2n) is 9.56. The van der Waals surface area contributed by atoms with Crippen LogP contribution < -0.4 is 11.0 Å². The lowest BCUT2D eigenvalue weighted by Crippen LogP contribution is -2.46. The van der Waals surface area contributed by atoms with Gasteiger partial charge in [0.1, 0.15) is 11.9 Å². The second kappa shape index (κ2) is 12.0. The fourth-order valence-electron chi connectivity index (χ4n) is 5.16. The number of halogens is 2. The van der Waals surface area contributed by atoms with Gasteiger partial charge in [-0.2, -0.15) is 0 Å². The first-order chi connectivity index (χ1) is 17.3. The Balaban J connectivity index is 1.54. The monoisotopic (exact) mass is 532 g/mol. The van der Waals surface area contributed by atoms with Crippen LogP contribution in [0.5, 0.6) is 0 Å². The molecule has 0 amide bonds. The van der Waals surface area contributed by atoms with E-state index in [-0.39, 0.29) is 12.3 Å². The number of allylic oxidation sites excluding steroid dienone is 1. The zero-order valence-corrected chi connectivity index (χ0v) is 22.7. The summed E-state index contributed by atoms with van der Waals surface area (Å²) in [7, 11) is 1.55. The minimum Gasteiger partial charge on any atom is -0.362 e. The molecule has 4 rings (SSSR count). The third-order valence-electron chi connectivity index (χ3n) is 6.97. The minimum absolute atomic E-state index is 0.0129. The predicted molar refractivity (Wildman–Crippen MR) is 144 cm³/mol. The van der Waals surface area contributed by atoms with Crippen molar-refractivity contribution in [2.45, 2.75) is 64.8 Å². The molecule has 1 aromatic carbocycles. The SMILES string of the molecule is CONO[C@@H]1CCCN1C1CC=C(c2cnc(C(C)=N)c(N[C@H](C)c3ccc(Cl)cc3Cl)n2)CC1C. The van der Waals surface area contributed by atoms with Gasteiger partial charge in [0.2, 0.25) is 0 Å². The molecule has 0 saturated carbocycles. The molecule has 10 heteroatoms. The number of anilines is 1. The molecule has 0 bridgehead atoms. The van der Waals surface area contributed by atoms with E-state index in [4.69, 9.17) is 43.3 Å². The van der Waals surface area contributed by atoms with Gasteiger partial charge in [0, 0.05) is 22.6 Å². The zero-order valence-electron chi connectivity index (χ0n) is 21.1. The van der Waals surface area contributed by atoms with Crippen molar-refractivity contribution in [1.82, 2.24) is 20.5 Å². The van der Waals surface area contributed by atoms with E-state index in [9.17, 15) is 0 Å². The molecular weight excluding hydrogens is 499 g/mol. The lowest BCUT2D eigenvalue weighted by molar-refractivity contribution is -0.218. The molecule has 1 saturated heterocycles. The Morgan fingerprint density at radius 2 is 2.11 bits per heavy atom. The van der Waals surface area contributed by atoms with Crippen molar-refractivity contribution in [2.24, 2.45) is 5.92 Å². The molecule has 36 heavy (non-hydrogen) atoms. The number of hydrogen-bond donors (Lipinski definition) is 3. The summed E-state index contributed by atoms with van der Waals surface area (Å²) in [5, 5.41) is 12.8. The van der Waals surface area contributed by atoms with Crippen LogP contribution in [0.25, 0.3) is 5.57 Å². The van der Waals surface area contributed by atoms with Gasteiger partial charge in [-0.05, 0) is 68.7 Å². The van der Waals surface area contributed by atoms with Crippen LogP contribution in [0.2, 0.25) is 10.0 Å². The number of rotatable bonds is 9. The van der Waals surface area contributed by atoms with E-state index >= 15 is 0 Å². The average Bonchev–Trinajstić information content (AvgIpc) is 3.30. The van der Waals surface area contributed by atoms with Crippen molar-refractivity contribution in [1.29, 1.82) is 5.41 Å². The largest absolute Gasteiger partial charge is 0.362 e. The lowest BCUT2D eigenvalue weighted by Gasteiger charge is -2.38. The van der Waals surface area contributed by atoms with E-state index in [0.29, 0.717) is 39.2 Å². The van der Waals surface area contributed by atoms with Gasteiger partial charge in [0.05, 0.1) is 30.8 Å². The summed E-state index contributed by atoms with van der Waals surface area (Å²) in [4.78, 5) is 22.5. The maximum atomic E-state index is 8.20. The molecule has 4 atom stereocenters. The Labute approximate surface area is 222 Å². The van der Waals surface area contributed by atoms with Crippen molar-refractivity contribution in [2.75, 3.05) is 19.0 Å². The minimum atomic E-state index is -0.145. The fourth-order valence-corrected chi connectivity index (χ4v) is 5.73. The Hall–Kier alpha value is -2.07. The molecule has 2 aromatic rings. The average molecular weight is 534 g/mol. The number of nitrogens with one attached hydrogen (secondary N) is 3. The van der Waals surface area contributed by atoms with E-state index in [0.717, 1.165) is 43.5 Å². The third-order valence-corrected chi connectivity index (χ3v) is 7.54. The maximum Gasteiger partial charge on any atom is 0.155 e. The zero-order chi connectivity index (χ0) is 25.8. The van der Waals surface area contributed by atoms with Crippen molar-refractivity contribution in [3.63, 3.8) is 0 Å². The van der Waals surface area contributed by atoms with Crippen LogP contribution in [0.3, 0.4) is 0 Å². The third kappa shape index (κ3) is 6.07. The van der Waals surface area contributed by atoms with Gasteiger partial charge < -0.3 is 10.7 Å².